The van der Waals surface area contributed by atoms with Gasteiger partial charge in [0.2, 0.25) is 5.91 Å². The molecule has 7 heteroatoms. The molecule has 0 saturated heterocycles. The Balaban J connectivity index is 1.80. The molecule has 35 heavy (non-hydrogen) atoms. The van der Waals surface area contributed by atoms with Gasteiger partial charge < -0.3 is 19.3 Å². The number of aryl methyl sites for hydroxylation is 1. The number of methoxy groups -OCH3 is 1. The molecule has 6 nitrogen and oxygen atoms in total. The Bertz CT molecular complexity index is 1080. The fourth-order valence-corrected chi connectivity index (χ4v) is 4.66. The lowest BCUT2D eigenvalue weighted by atomic mass is 10.1. The van der Waals surface area contributed by atoms with Crippen LogP contribution in [0.2, 0.25) is 0 Å². The highest BCUT2D eigenvalue weighted by Gasteiger charge is 2.23. The molecule has 0 N–H and O–H groups in total. The summed E-state index contributed by atoms with van der Waals surface area (Å²) in [5.41, 5.74) is 1.55. The van der Waals surface area contributed by atoms with Crippen molar-refractivity contribution >= 4 is 23.2 Å². The van der Waals surface area contributed by atoms with Gasteiger partial charge in [-0.1, -0.05) is 36.4 Å². The molecular weight excluding hydrogens is 460 g/mol. The van der Waals surface area contributed by atoms with Crippen molar-refractivity contribution in [2.45, 2.75) is 33.4 Å². The van der Waals surface area contributed by atoms with Crippen molar-refractivity contribution in [3.05, 3.63) is 87.6 Å². The summed E-state index contributed by atoms with van der Waals surface area (Å²) < 4.78 is 10.8. The van der Waals surface area contributed by atoms with Crippen LogP contribution in [0.4, 0.5) is 0 Å². The van der Waals surface area contributed by atoms with E-state index in [4.69, 9.17) is 9.47 Å². The summed E-state index contributed by atoms with van der Waals surface area (Å²) >= 11 is 1.68. The van der Waals surface area contributed by atoms with Gasteiger partial charge in [-0.05, 0) is 56.2 Å². The Kier molecular flexibility index (Phi) is 10.3. The van der Waals surface area contributed by atoms with Crippen LogP contribution in [0.15, 0.2) is 66.7 Å². The minimum absolute atomic E-state index is 0.000636. The van der Waals surface area contributed by atoms with Gasteiger partial charge in [0.15, 0.2) is 0 Å². The number of rotatable bonds is 13. The molecule has 1 aromatic heterocycles. The molecule has 2 aromatic carbocycles. The fraction of sp³-hybridized carbons (Fsp3) is 0.357. The van der Waals surface area contributed by atoms with Crippen molar-refractivity contribution in [1.29, 1.82) is 0 Å². The lowest BCUT2D eigenvalue weighted by Gasteiger charge is -2.28. The molecule has 0 aliphatic rings. The zero-order chi connectivity index (χ0) is 25.0. The number of carbonyl (C=O) groups is 2. The first-order valence-corrected chi connectivity index (χ1v) is 12.7. The lowest BCUT2D eigenvalue weighted by Crippen LogP contribution is -2.43. The van der Waals surface area contributed by atoms with Gasteiger partial charge >= 0.3 is 0 Å². The fourth-order valence-electron chi connectivity index (χ4n) is 3.75. The number of benzene rings is 2. The van der Waals surface area contributed by atoms with Crippen molar-refractivity contribution in [3.63, 3.8) is 0 Å². The molecule has 186 valence electrons. The molecule has 0 radical (unpaired) electrons. The second-order valence-corrected chi connectivity index (χ2v) is 9.63. The smallest absolute Gasteiger partial charge is 0.254 e. The number of carbonyl (C=O) groups excluding carboxylic acids is 2. The third kappa shape index (κ3) is 8.23. The summed E-state index contributed by atoms with van der Waals surface area (Å²) in [6.45, 7) is 6.57. The maximum atomic E-state index is 13.6. The molecule has 0 aliphatic carbocycles. The summed E-state index contributed by atoms with van der Waals surface area (Å²) in [5, 5.41) is 0. The third-order valence-electron chi connectivity index (χ3n) is 5.56. The largest absolute Gasteiger partial charge is 0.497 e. The van der Waals surface area contributed by atoms with Gasteiger partial charge in [-0.3, -0.25) is 9.59 Å². The Labute approximate surface area is 212 Å². The number of amides is 2. The maximum Gasteiger partial charge on any atom is 0.254 e. The number of hydrogen-bond donors (Lipinski definition) is 0. The van der Waals surface area contributed by atoms with E-state index in [1.807, 2.05) is 42.2 Å². The van der Waals surface area contributed by atoms with Crippen LogP contribution < -0.4 is 4.74 Å². The van der Waals surface area contributed by atoms with Gasteiger partial charge in [-0.25, -0.2) is 0 Å². The summed E-state index contributed by atoms with van der Waals surface area (Å²) in [5.74, 6) is 0.322. The second kappa shape index (κ2) is 13.7. The standard InChI is InChI=1S/C28H34N2O4S/c1-4-34-17-9-16-29(28(32)24-12-8-13-25(18-24)33-3)21-27(31)30(19-23-10-6-5-7-11-23)20-26-15-14-22(2)35-26/h5-8,10-15,18H,4,9,16-17,19-21H2,1-3H3. The van der Waals surface area contributed by atoms with Crippen LogP contribution in [0.5, 0.6) is 5.75 Å². The van der Waals surface area contributed by atoms with Gasteiger partial charge in [0, 0.05) is 41.6 Å². The Morgan fingerprint density at radius 2 is 1.74 bits per heavy atom. The van der Waals surface area contributed by atoms with Crippen molar-refractivity contribution in [3.8, 4) is 5.75 Å². The lowest BCUT2D eigenvalue weighted by molar-refractivity contribution is -0.133. The predicted molar refractivity (Wildman–Crippen MR) is 140 cm³/mol. The van der Waals surface area contributed by atoms with Gasteiger partial charge in [-0.2, -0.15) is 0 Å². The second-order valence-electron chi connectivity index (χ2n) is 8.26. The van der Waals surface area contributed by atoms with Gasteiger partial charge in [0.05, 0.1) is 13.7 Å². The summed E-state index contributed by atoms with van der Waals surface area (Å²) in [6, 6.07) is 21.1. The van der Waals surface area contributed by atoms with Crippen molar-refractivity contribution in [1.82, 2.24) is 9.80 Å². The third-order valence-corrected chi connectivity index (χ3v) is 6.55. The van der Waals surface area contributed by atoms with Crippen LogP contribution in [0.3, 0.4) is 0 Å². The van der Waals surface area contributed by atoms with Crippen molar-refractivity contribution in [2.75, 3.05) is 33.4 Å². The highest BCUT2D eigenvalue weighted by molar-refractivity contribution is 7.11. The molecule has 0 bridgehead atoms. The number of thiophene rings is 1. The quantitative estimate of drug-likeness (QED) is 0.308. The minimum atomic E-state index is -0.194. The zero-order valence-electron chi connectivity index (χ0n) is 20.7. The van der Waals surface area contributed by atoms with E-state index < -0.39 is 0 Å². The number of nitrogens with zero attached hydrogens (tertiary/aromatic N) is 2. The molecular formula is C28H34N2O4S. The van der Waals surface area contributed by atoms with Crippen LogP contribution in [0.1, 0.15) is 39.0 Å². The average molecular weight is 495 g/mol. The Hall–Kier alpha value is -3.16. The average Bonchev–Trinajstić information content (AvgIpc) is 3.30. The first kappa shape index (κ1) is 26.4. The van der Waals surface area contributed by atoms with E-state index >= 15 is 0 Å². The van der Waals surface area contributed by atoms with E-state index in [-0.39, 0.29) is 18.4 Å². The van der Waals surface area contributed by atoms with E-state index in [0.717, 1.165) is 10.4 Å². The summed E-state index contributed by atoms with van der Waals surface area (Å²) in [7, 11) is 1.57. The molecule has 0 fully saturated rings. The first-order chi connectivity index (χ1) is 17.0. The van der Waals surface area contributed by atoms with Crippen LogP contribution in [0.25, 0.3) is 0 Å². The predicted octanol–water partition coefficient (Wildman–Crippen LogP) is 5.16. The Morgan fingerprint density at radius 3 is 2.43 bits per heavy atom. The van der Waals surface area contributed by atoms with Crippen molar-refractivity contribution < 1.29 is 19.1 Å². The number of hydrogen-bond acceptors (Lipinski definition) is 5. The normalized spacial score (nSPS) is 10.7. The first-order valence-electron chi connectivity index (χ1n) is 11.9. The summed E-state index contributed by atoms with van der Waals surface area (Å²) in [6.07, 6.45) is 0.652. The van der Waals surface area contributed by atoms with E-state index in [9.17, 15) is 9.59 Å². The number of ether oxygens (including phenoxy) is 2. The monoisotopic (exact) mass is 494 g/mol. The minimum Gasteiger partial charge on any atom is -0.497 e. The SMILES string of the molecule is CCOCCCN(CC(=O)N(Cc1ccccc1)Cc1ccc(C)s1)C(=O)c1cccc(OC)c1. The van der Waals surface area contributed by atoms with E-state index in [1.165, 1.54) is 4.88 Å². The molecule has 3 rings (SSSR count). The molecule has 0 spiro atoms. The van der Waals surface area contributed by atoms with E-state index in [1.54, 1.807) is 47.6 Å². The summed E-state index contributed by atoms with van der Waals surface area (Å²) in [4.78, 5) is 32.8. The molecule has 2 amide bonds. The van der Waals surface area contributed by atoms with E-state index in [0.29, 0.717) is 50.6 Å². The molecule has 0 saturated carbocycles. The van der Waals surface area contributed by atoms with Crippen molar-refractivity contribution in [2.24, 2.45) is 0 Å². The van der Waals surface area contributed by atoms with E-state index in [2.05, 4.69) is 19.1 Å². The van der Waals surface area contributed by atoms with Gasteiger partial charge in [-0.15, -0.1) is 11.3 Å². The molecule has 3 aromatic rings. The molecule has 0 unspecified atom stereocenters. The zero-order valence-corrected chi connectivity index (χ0v) is 21.6. The van der Waals surface area contributed by atoms with Crippen LogP contribution in [0, 0.1) is 6.92 Å². The van der Waals surface area contributed by atoms with Gasteiger partial charge in [0.1, 0.15) is 12.3 Å². The highest BCUT2D eigenvalue weighted by Crippen LogP contribution is 2.20. The highest BCUT2D eigenvalue weighted by atomic mass is 32.1. The van der Waals surface area contributed by atoms with Gasteiger partial charge in [0.25, 0.3) is 5.91 Å². The van der Waals surface area contributed by atoms with Crippen LogP contribution >= 0.6 is 11.3 Å². The Morgan fingerprint density at radius 1 is 0.943 bits per heavy atom. The topological polar surface area (TPSA) is 59.1 Å². The molecule has 1 heterocycles. The van der Waals surface area contributed by atoms with Crippen LogP contribution in [-0.2, 0) is 22.6 Å². The molecule has 0 aliphatic heterocycles. The van der Waals surface area contributed by atoms with Crippen LogP contribution in [-0.4, -0.2) is 55.0 Å². The molecule has 0 atom stereocenters. The maximum absolute atomic E-state index is 13.6.